The summed E-state index contributed by atoms with van der Waals surface area (Å²) in [6.07, 6.45) is 0. The highest BCUT2D eigenvalue weighted by Gasteiger charge is 2.03. The Bertz CT molecular complexity index is 857. The second kappa shape index (κ2) is 4.24. The van der Waals surface area contributed by atoms with Gasteiger partial charge in [0, 0.05) is 6.07 Å². The lowest BCUT2D eigenvalue weighted by Crippen LogP contribution is -2.22. The number of aromatic amines is 2. The van der Waals surface area contributed by atoms with Crippen LogP contribution in [0, 0.1) is 6.92 Å². The van der Waals surface area contributed by atoms with Crippen molar-refractivity contribution in [1.29, 1.82) is 0 Å². The average Bonchev–Trinajstić information content (AvgIpc) is 2.73. The first kappa shape index (κ1) is 11.5. The van der Waals surface area contributed by atoms with Gasteiger partial charge in [-0.05, 0) is 30.7 Å². The summed E-state index contributed by atoms with van der Waals surface area (Å²) >= 11 is 0. The van der Waals surface area contributed by atoms with E-state index in [4.69, 9.17) is 0 Å². The highest BCUT2D eigenvalue weighted by atomic mass is 16.1. The lowest BCUT2D eigenvalue weighted by Gasteiger charge is -2.05. The molecule has 0 spiro atoms. The van der Waals surface area contributed by atoms with Crippen LogP contribution in [0.2, 0.25) is 0 Å². The molecular weight excluding hydrogens is 244 g/mol. The number of hydrogen-bond donors (Lipinski definition) is 2. The smallest absolute Gasteiger partial charge is 0.306 e. The van der Waals surface area contributed by atoms with Crippen molar-refractivity contribution in [2.45, 2.75) is 13.5 Å². The molecule has 2 heterocycles. The van der Waals surface area contributed by atoms with Crippen molar-refractivity contribution >= 4 is 11.0 Å². The van der Waals surface area contributed by atoms with Gasteiger partial charge in [0.2, 0.25) is 0 Å². The fourth-order valence-corrected chi connectivity index (χ4v) is 2.02. The van der Waals surface area contributed by atoms with Crippen LogP contribution in [-0.4, -0.2) is 19.7 Å². The predicted molar refractivity (Wildman–Crippen MR) is 71.3 cm³/mol. The average molecular weight is 256 g/mol. The third-order valence-electron chi connectivity index (χ3n) is 2.91. The van der Waals surface area contributed by atoms with Gasteiger partial charge in [0.05, 0.1) is 23.3 Å². The number of fused-ring (bicyclic) bond motifs is 1. The van der Waals surface area contributed by atoms with Crippen LogP contribution in [0.1, 0.15) is 11.3 Å². The van der Waals surface area contributed by atoms with E-state index in [1.807, 2.05) is 25.1 Å². The number of imidazole rings is 1. The van der Waals surface area contributed by atoms with Crippen molar-refractivity contribution in [2.75, 3.05) is 0 Å². The summed E-state index contributed by atoms with van der Waals surface area (Å²) in [5, 5.41) is 4.18. The normalized spacial score (nSPS) is 11.0. The topological polar surface area (TPSA) is 83.5 Å². The highest BCUT2D eigenvalue weighted by molar-refractivity contribution is 5.74. The Balaban J connectivity index is 2.02. The molecule has 1 aromatic carbocycles. The molecule has 0 saturated carbocycles. The Kier molecular flexibility index (Phi) is 2.56. The molecule has 6 nitrogen and oxygen atoms in total. The van der Waals surface area contributed by atoms with Crippen molar-refractivity contribution in [3.05, 3.63) is 62.4 Å². The fraction of sp³-hybridized carbons (Fsp3) is 0.154. The molecule has 0 unspecified atom stereocenters. The number of rotatable bonds is 2. The largest absolute Gasteiger partial charge is 0.323 e. The summed E-state index contributed by atoms with van der Waals surface area (Å²) in [6, 6.07) is 8.69. The molecule has 2 aromatic heterocycles. The quantitative estimate of drug-likeness (QED) is 0.710. The Morgan fingerprint density at radius 2 is 1.89 bits per heavy atom. The number of aryl methyl sites for hydroxylation is 1. The molecule has 0 aliphatic rings. The van der Waals surface area contributed by atoms with E-state index in [0.717, 1.165) is 22.3 Å². The number of hydrogen-bond acceptors (Lipinski definition) is 3. The molecule has 0 saturated heterocycles. The maximum Gasteiger partial charge on any atom is 0.323 e. The zero-order valence-corrected chi connectivity index (χ0v) is 10.3. The minimum Gasteiger partial charge on any atom is -0.306 e. The molecule has 0 atom stereocenters. The van der Waals surface area contributed by atoms with Gasteiger partial charge < -0.3 is 9.97 Å². The second-order valence-electron chi connectivity index (χ2n) is 4.43. The van der Waals surface area contributed by atoms with Crippen LogP contribution in [-0.2, 0) is 6.54 Å². The Morgan fingerprint density at radius 1 is 1.11 bits per heavy atom. The van der Waals surface area contributed by atoms with Gasteiger partial charge in [0.1, 0.15) is 0 Å². The molecule has 19 heavy (non-hydrogen) atoms. The summed E-state index contributed by atoms with van der Waals surface area (Å²) < 4.78 is 1.40. The molecule has 3 aromatic rings. The summed E-state index contributed by atoms with van der Waals surface area (Å²) in [6.45, 7) is 2.21. The van der Waals surface area contributed by atoms with E-state index < -0.39 is 0 Å². The predicted octanol–water partition coefficient (Wildman–Crippen LogP) is 0.770. The third kappa shape index (κ3) is 2.20. The van der Waals surface area contributed by atoms with E-state index in [-0.39, 0.29) is 11.2 Å². The third-order valence-corrected chi connectivity index (χ3v) is 2.91. The second-order valence-corrected chi connectivity index (χ2v) is 4.43. The minimum absolute atomic E-state index is 0.145. The van der Waals surface area contributed by atoms with E-state index in [1.54, 1.807) is 6.07 Å². The lowest BCUT2D eigenvalue weighted by atomic mass is 10.2. The van der Waals surface area contributed by atoms with Crippen molar-refractivity contribution in [1.82, 2.24) is 19.7 Å². The minimum atomic E-state index is -0.238. The molecular formula is C13H12N4O2. The van der Waals surface area contributed by atoms with Crippen LogP contribution in [0.25, 0.3) is 11.0 Å². The molecule has 0 aliphatic carbocycles. The van der Waals surface area contributed by atoms with Crippen molar-refractivity contribution in [3.63, 3.8) is 0 Å². The summed E-state index contributed by atoms with van der Waals surface area (Å²) in [5.41, 5.74) is 2.78. The van der Waals surface area contributed by atoms with E-state index in [0.29, 0.717) is 6.54 Å². The molecule has 0 aliphatic heterocycles. The molecule has 3 rings (SSSR count). The first-order chi connectivity index (χ1) is 9.11. The fourth-order valence-electron chi connectivity index (χ4n) is 2.02. The van der Waals surface area contributed by atoms with E-state index in [1.165, 1.54) is 10.7 Å². The molecule has 0 fully saturated rings. The first-order valence-corrected chi connectivity index (χ1v) is 5.87. The molecule has 96 valence electrons. The number of nitrogens with one attached hydrogen (secondary N) is 2. The zero-order chi connectivity index (χ0) is 13.4. The standard InChI is InChI=1S/C13H12N4O2/c1-8-2-5-12(18)17(16-8)7-9-3-4-10-11(6-9)15-13(19)14-10/h2-6H,7H2,1H3,(H2,14,15,19). The first-order valence-electron chi connectivity index (χ1n) is 5.87. The van der Waals surface area contributed by atoms with Gasteiger partial charge in [-0.3, -0.25) is 4.79 Å². The molecule has 6 heteroatoms. The van der Waals surface area contributed by atoms with Gasteiger partial charge in [-0.1, -0.05) is 6.07 Å². The van der Waals surface area contributed by atoms with Gasteiger partial charge in [-0.25, -0.2) is 9.48 Å². The van der Waals surface area contributed by atoms with Crippen LogP contribution < -0.4 is 11.2 Å². The van der Waals surface area contributed by atoms with E-state index in [9.17, 15) is 9.59 Å². The molecule has 0 amide bonds. The Hall–Kier alpha value is -2.63. The van der Waals surface area contributed by atoms with Crippen LogP contribution in [0.5, 0.6) is 0 Å². The van der Waals surface area contributed by atoms with Crippen LogP contribution >= 0.6 is 0 Å². The van der Waals surface area contributed by atoms with Crippen LogP contribution in [0.3, 0.4) is 0 Å². The molecule has 0 radical (unpaired) electrons. The Labute approximate surface area is 107 Å². The summed E-state index contributed by atoms with van der Waals surface area (Å²) in [7, 11) is 0. The van der Waals surface area contributed by atoms with Crippen molar-refractivity contribution in [3.8, 4) is 0 Å². The van der Waals surface area contributed by atoms with Gasteiger partial charge in [0.25, 0.3) is 5.56 Å². The monoisotopic (exact) mass is 256 g/mol. The van der Waals surface area contributed by atoms with Gasteiger partial charge >= 0.3 is 5.69 Å². The SMILES string of the molecule is Cc1ccc(=O)n(Cc2ccc3[nH]c(=O)[nH]c3c2)n1. The van der Waals surface area contributed by atoms with Gasteiger partial charge in [-0.2, -0.15) is 5.10 Å². The number of aromatic nitrogens is 4. The van der Waals surface area contributed by atoms with Crippen LogP contribution in [0.15, 0.2) is 39.9 Å². The lowest BCUT2D eigenvalue weighted by molar-refractivity contribution is 0.629. The zero-order valence-electron chi connectivity index (χ0n) is 10.3. The van der Waals surface area contributed by atoms with E-state index >= 15 is 0 Å². The van der Waals surface area contributed by atoms with Crippen molar-refractivity contribution < 1.29 is 0 Å². The van der Waals surface area contributed by atoms with Gasteiger partial charge in [0.15, 0.2) is 0 Å². The maximum absolute atomic E-state index is 11.7. The number of benzene rings is 1. The molecule has 0 bridgehead atoms. The number of H-pyrrole nitrogens is 2. The maximum atomic E-state index is 11.7. The number of nitrogens with zero attached hydrogens (tertiary/aromatic N) is 2. The molecule has 2 N–H and O–H groups in total. The van der Waals surface area contributed by atoms with Crippen molar-refractivity contribution in [2.24, 2.45) is 0 Å². The summed E-state index contributed by atoms with van der Waals surface area (Å²) in [5.74, 6) is 0. The summed E-state index contributed by atoms with van der Waals surface area (Å²) in [4.78, 5) is 28.2. The van der Waals surface area contributed by atoms with Gasteiger partial charge in [-0.15, -0.1) is 0 Å². The van der Waals surface area contributed by atoms with E-state index in [2.05, 4.69) is 15.1 Å². The Morgan fingerprint density at radius 3 is 2.74 bits per heavy atom. The van der Waals surface area contributed by atoms with Crippen LogP contribution in [0.4, 0.5) is 0 Å². The highest BCUT2D eigenvalue weighted by Crippen LogP contribution is 2.10.